The van der Waals surface area contributed by atoms with Crippen LogP contribution in [0.2, 0.25) is 0 Å². The number of aromatic nitrogens is 1. The summed E-state index contributed by atoms with van der Waals surface area (Å²) < 4.78 is 5.15. The van der Waals surface area contributed by atoms with Gasteiger partial charge in [-0.15, -0.1) is 0 Å². The number of nitrogens with one attached hydrogen (secondary N) is 1. The molecular weight excluding hydrogens is 152 g/mol. The number of H-pyrrole nitrogens is 1. The quantitative estimate of drug-likeness (QED) is 0.657. The zero-order valence-electron chi connectivity index (χ0n) is 6.58. The number of fused-ring (bicyclic) bond motifs is 1. The fraction of sp³-hybridized carbons (Fsp3) is 0.111. The molecule has 3 nitrogen and oxygen atoms in total. The molecule has 3 N–H and O–H groups in total. The van der Waals surface area contributed by atoms with Crippen molar-refractivity contribution in [2.24, 2.45) is 5.73 Å². The van der Waals surface area contributed by atoms with Gasteiger partial charge in [0.05, 0.1) is 0 Å². The minimum Gasteiger partial charge on any atom is -0.479 e. The Hall–Kier alpha value is -1.48. The largest absolute Gasteiger partial charge is 0.479 e. The lowest BCUT2D eigenvalue weighted by Gasteiger charge is -2.01. The molecule has 1 aromatic carbocycles. The maximum absolute atomic E-state index is 5.25. The Labute approximate surface area is 70.1 Å². The van der Waals surface area contributed by atoms with Crippen LogP contribution in [-0.4, -0.2) is 11.7 Å². The van der Waals surface area contributed by atoms with Crippen LogP contribution < -0.4 is 10.5 Å². The van der Waals surface area contributed by atoms with Crippen molar-refractivity contribution in [3.8, 4) is 5.75 Å². The molecule has 12 heavy (non-hydrogen) atoms. The first-order chi connectivity index (χ1) is 5.90. The first-order valence-corrected chi connectivity index (χ1v) is 3.80. The van der Waals surface area contributed by atoms with E-state index in [1.165, 1.54) is 0 Å². The van der Waals surface area contributed by atoms with Gasteiger partial charge in [-0.05, 0) is 24.3 Å². The van der Waals surface area contributed by atoms with Gasteiger partial charge < -0.3 is 9.72 Å². The van der Waals surface area contributed by atoms with E-state index in [2.05, 4.69) is 4.98 Å². The van der Waals surface area contributed by atoms with Crippen molar-refractivity contribution < 1.29 is 4.74 Å². The topological polar surface area (TPSA) is 51.0 Å². The summed E-state index contributed by atoms with van der Waals surface area (Å²) in [4.78, 5) is 3.10. The van der Waals surface area contributed by atoms with Crippen LogP contribution in [0.1, 0.15) is 0 Å². The Morgan fingerprint density at radius 1 is 1.33 bits per heavy atom. The molecular formula is C9H10N2O. The van der Waals surface area contributed by atoms with Gasteiger partial charge in [0.2, 0.25) is 0 Å². The Kier molecular flexibility index (Phi) is 1.72. The standard InChI is InChI=1S/C9H10N2O/c10-6-12-8-1-2-9-7(5-8)3-4-11-9/h1-5,11H,6,10H2. The van der Waals surface area contributed by atoms with E-state index in [1.807, 2.05) is 30.5 Å². The molecule has 0 unspecified atom stereocenters. The van der Waals surface area contributed by atoms with Crippen molar-refractivity contribution in [1.82, 2.24) is 4.98 Å². The SMILES string of the molecule is NCOc1ccc2[nH]ccc2c1. The van der Waals surface area contributed by atoms with Crippen molar-refractivity contribution >= 4 is 10.9 Å². The Morgan fingerprint density at radius 3 is 3.08 bits per heavy atom. The van der Waals surface area contributed by atoms with Crippen LogP contribution in [0.25, 0.3) is 10.9 Å². The summed E-state index contributed by atoms with van der Waals surface area (Å²) in [5, 5.41) is 1.14. The second-order valence-electron chi connectivity index (χ2n) is 2.54. The van der Waals surface area contributed by atoms with Gasteiger partial charge in [0, 0.05) is 17.1 Å². The molecule has 0 atom stereocenters. The van der Waals surface area contributed by atoms with Crippen LogP contribution in [0.4, 0.5) is 0 Å². The third-order valence-corrected chi connectivity index (χ3v) is 1.77. The zero-order valence-corrected chi connectivity index (χ0v) is 6.58. The second kappa shape index (κ2) is 2.87. The summed E-state index contributed by atoms with van der Waals surface area (Å²) in [6, 6.07) is 7.82. The number of nitrogens with two attached hydrogens (primary N) is 1. The Morgan fingerprint density at radius 2 is 2.25 bits per heavy atom. The molecule has 1 aromatic heterocycles. The second-order valence-corrected chi connectivity index (χ2v) is 2.54. The zero-order chi connectivity index (χ0) is 8.39. The monoisotopic (exact) mass is 162 g/mol. The molecule has 2 rings (SSSR count). The lowest BCUT2D eigenvalue weighted by atomic mass is 10.2. The van der Waals surface area contributed by atoms with Crippen molar-refractivity contribution in [1.29, 1.82) is 0 Å². The fourth-order valence-electron chi connectivity index (χ4n) is 1.22. The fourth-order valence-corrected chi connectivity index (χ4v) is 1.22. The highest BCUT2D eigenvalue weighted by Gasteiger charge is 1.95. The van der Waals surface area contributed by atoms with Crippen molar-refractivity contribution in [2.45, 2.75) is 0 Å². The van der Waals surface area contributed by atoms with Gasteiger partial charge in [0.1, 0.15) is 12.5 Å². The minimum absolute atomic E-state index is 0.218. The molecule has 0 bridgehead atoms. The maximum Gasteiger partial charge on any atom is 0.137 e. The van der Waals surface area contributed by atoms with E-state index in [9.17, 15) is 0 Å². The average Bonchev–Trinajstić information content (AvgIpc) is 2.51. The molecule has 0 aliphatic carbocycles. The highest BCUT2D eigenvalue weighted by Crippen LogP contribution is 2.18. The molecule has 3 heteroatoms. The molecule has 2 aromatic rings. The van der Waals surface area contributed by atoms with E-state index in [4.69, 9.17) is 10.5 Å². The number of aromatic amines is 1. The summed E-state index contributed by atoms with van der Waals surface area (Å²) in [6.07, 6.45) is 1.90. The summed E-state index contributed by atoms with van der Waals surface area (Å²) in [6.45, 7) is 0.218. The molecule has 1 heterocycles. The normalized spacial score (nSPS) is 10.4. The van der Waals surface area contributed by atoms with Gasteiger partial charge in [-0.1, -0.05) is 0 Å². The molecule has 0 saturated heterocycles. The van der Waals surface area contributed by atoms with Crippen LogP contribution in [0, 0.1) is 0 Å². The third kappa shape index (κ3) is 1.14. The van der Waals surface area contributed by atoms with Crippen LogP contribution in [0.15, 0.2) is 30.5 Å². The number of ether oxygens (including phenoxy) is 1. The summed E-state index contributed by atoms with van der Waals surface area (Å²) in [5.74, 6) is 0.810. The van der Waals surface area contributed by atoms with Crippen LogP contribution in [0.5, 0.6) is 5.75 Å². The van der Waals surface area contributed by atoms with E-state index >= 15 is 0 Å². The summed E-state index contributed by atoms with van der Waals surface area (Å²) >= 11 is 0. The highest BCUT2D eigenvalue weighted by molar-refractivity contribution is 5.80. The average molecular weight is 162 g/mol. The molecule has 0 saturated carbocycles. The molecule has 0 radical (unpaired) electrons. The van der Waals surface area contributed by atoms with Gasteiger partial charge in [0.15, 0.2) is 0 Å². The van der Waals surface area contributed by atoms with Crippen LogP contribution in [0.3, 0.4) is 0 Å². The van der Waals surface area contributed by atoms with E-state index in [0.29, 0.717) is 0 Å². The number of benzene rings is 1. The van der Waals surface area contributed by atoms with E-state index in [1.54, 1.807) is 0 Å². The molecule has 0 fully saturated rings. The van der Waals surface area contributed by atoms with Crippen molar-refractivity contribution in [3.05, 3.63) is 30.5 Å². The third-order valence-electron chi connectivity index (χ3n) is 1.77. The smallest absolute Gasteiger partial charge is 0.137 e. The van der Waals surface area contributed by atoms with Crippen molar-refractivity contribution in [3.63, 3.8) is 0 Å². The predicted octanol–water partition coefficient (Wildman–Crippen LogP) is 1.46. The van der Waals surface area contributed by atoms with E-state index in [-0.39, 0.29) is 6.73 Å². The van der Waals surface area contributed by atoms with E-state index in [0.717, 1.165) is 16.7 Å². The van der Waals surface area contributed by atoms with E-state index < -0.39 is 0 Å². The van der Waals surface area contributed by atoms with Gasteiger partial charge in [0.25, 0.3) is 0 Å². The summed E-state index contributed by atoms with van der Waals surface area (Å²) in [5.41, 5.74) is 6.36. The van der Waals surface area contributed by atoms with Gasteiger partial charge in [-0.25, -0.2) is 0 Å². The van der Waals surface area contributed by atoms with Gasteiger partial charge in [-0.2, -0.15) is 0 Å². The lowest BCUT2D eigenvalue weighted by Crippen LogP contribution is -2.06. The van der Waals surface area contributed by atoms with Crippen molar-refractivity contribution in [2.75, 3.05) is 6.73 Å². The first kappa shape index (κ1) is 7.18. The number of hydrogen-bond acceptors (Lipinski definition) is 2. The summed E-state index contributed by atoms with van der Waals surface area (Å²) in [7, 11) is 0. The predicted molar refractivity (Wildman–Crippen MR) is 48.0 cm³/mol. The Balaban J connectivity index is 2.46. The van der Waals surface area contributed by atoms with Gasteiger partial charge >= 0.3 is 0 Å². The maximum atomic E-state index is 5.25. The number of hydrogen-bond donors (Lipinski definition) is 2. The van der Waals surface area contributed by atoms with Crippen LogP contribution in [-0.2, 0) is 0 Å². The van der Waals surface area contributed by atoms with Crippen LogP contribution >= 0.6 is 0 Å². The van der Waals surface area contributed by atoms with Gasteiger partial charge in [-0.3, -0.25) is 5.73 Å². The molecule has 0 aliphatic heterocycles. The minimum atomic E-state index is 0.218. The number of rotatable bonds is 2. The molecule has 62 valence electrons. The molecule has 0 aliphatic rings. The molecule has 0 amide bonds. The first-order valence-electron chi connectivity index (χ1n) is 3.80. The molecule has 0 spiro atoms. The highest BCUT2D eigenvalue weighted by atomic mass is 16.5. The lowest BCUT2D eigenvalue weighted by molar-refractivity contribution is 0.330. The Bertz CT molecular complexity index is 381.